The molecule has 2 atom stereocenters. The Morgan fingerprint density at radius 2 is 1.90 bits per heavy atom. The number of rotatable bonds is 4. The maximum Gasteiger partial charge on any atom is 0.285 e. The average molecular weight is 431 g/mol. The first-order valence-corrected chi connectivity index (χ1v) is 12.1. The van der Waals surface area contributed by atoms with Crippen LogP contribution in [0.5, 0.6) is 5.75 Å². The van der Waals surface area contributed by atoms with Crippen molar-refractivity contribution in [2.24, 2.45) is 4.99 Å². The van der Waals surface area contributed by atoms with Gasteiger partial charge < -0.3 is 9.64 Å². The van der Waals surface area contributed by atoms with Crippen LogP contribution >= 0.6 is 11.8 Å². The summed E-state index contributed by atoms with van der Waals surface area (Å²) in [6.45, 7) is 3.85. The highest BCUT2D eigenvalue weighted by Gasteiger charge is 2.49. The largest absolute Gasteiger partial charge is 0.484 e. The van der Waals surface area contributed by atoms with Gasteiger partial charge in [-0.15, -0.1) is 0 Å². The quantitative estimate of drug-likeness (QED) is 0.742. The Kier molecular flexibility index (Phi) is 5.40. The van der Waals surface area contributed by atoms with Crippen molar-refractivity contribution >= 4 is 38.4 Å². The van der Waals surface area contributed by atoms with Crippen LogP contribution in [0.25, 0.3) is 0 Å². The molecule has 0 unspecified atom stereocenters. The maximum atomic E-state index is 12.5. The molecule has 2 aromatic rings. The van der Waals surface area contributed by atoms with Crippen molar-refractivity contribution < 1.29 is 17.9 Å². The molecule has 8 heteroatoms. The topological polar surface area (TPSA) is 76.0 Å². The molecule has 2 aliphatic rings. The van der Waals surface area contributed by atoms with Gasteiger partial charge in [-0.25, -0.2) is 8.42 Å². The second kappa shape index (κ2) is 7.84. The van der Waals surface area contributed by atoms with Crippen LogP contribution in [0.15, 0.2) is 53.5 Å². The molecule has 0 radical (unpaired) electrons. The zero-order chi connectivity index (χ0) is 20.6. The number of nitrogens with zero attached hydrogens (tertiary/aromatic N) is 2. The summed E-state index contributed by atoms with van der Waals surface area (Å²) in [6, 6.07) is 14.8. The van der Waals surface area contributed by atoms with Crippen molar-refractivity contribution in [3.05, 3.63) is 59.7 Å². The first-order chi connectivity index (χ1) is 13.8. The Hall–Kier alpha value is -2.32. The van der Waals surface area contributed by atoms with E-state index in [2.05, 4.69) is 4.99 Å². The summed E-state index contributed by atoms with van der Waals surface area (Å²) >= 11 is 1.37. The molecule has 0 saturated carbocycles. The number of fused-ring (bicyclic) bond motifs is 1. The van der Waals surface area contributed by atoms with E-state index in [-0.39, 0.29) is 29.4 Å². The van der Waals surface area contributed by atoms with E-state index in [1.54, 1.807) is 12.1 Å². The number of hydrogen-bond donors (Lipinski definition) is 0. The average Bonchev–Trinajstić information content (AvgIpc) is 3.14. The van der Waals surface area contributed by atoms with Crippen molar-refractivity contribution in [1.82, 2.24) is 0 Å². The third-order valence-electron chi connectivity index (χ3n) is 5.23. The molecule has 0 bridgehead atoms. The number of anilines is 1. The van der Waals surface area contributed by atoms with Gasteiger partial charge in [0.15, 0.2) is 21.6 Å². The van der Waals surface area contributed by atoms with Crippen LogP contribution in [0.1, 0.15) is 11.1 Å². The van der Waals surface area contributed by atoms with Gasteiger partial charge in [0, 0.05) is 10.9 Å². The van der Waals surface area contributed by atoms with Crippen LogP contribution in [-0.4, -0.2) is 48.9 Å². The highest BCUT2D eigenvalue weighted by Crippen LogP contribution is 2.42. The Balaban J connectivity index is 1.62. The number of aliphatic imine (C=N–C) groups is 1. The molecule has 2 saturated heterocycles. The molecule has 0 aromatic heterocycles. The number of benzene rings is 2. The Morgan fingerprint density at radius 3 is 2.66 bits per heavy atom. The van der Waals surface area contributed by atoms with Gasteiger partial charge in [0.2, 0.25) is 0 Å². The molecule has 2 aromatic carbocycles. The lowest BCUT2D eigenvalue weighted by atomic mass is 10.1. The second-order valence-electron chi connectivity index (χ2n) is 7.28. The third kappa shape index (κ3) is 4.18. The molecule has 6 nitrogen and oxygen atoms in total. The molecule has 0 N–H and O–H groups in total. The highest BCUT2D eigenvalue weighted by atomic mass is 32.2. The fourth-order valence-corrected chi connectivity index (χ4v) is 7.57. The molecular formula is C21H22N2O4S2. The predicted molar refractivity (Wildman–Crippen MR) is 117 cm³/mol. The molecule has 29 heavy (non-hydrogen) atoms. The summed E-state index contributed by atoms with van der Waals surface area (Å²) < 4.78 is 29.9. The van der Waals surface area contributed by atoms with Gasteiger partial charge in [-0.1, -0.05) is 42.1 Å². The van der Waals surface area contributed by atoms with Gasteiger partial charge in [0.25, 0.3) is 5.91 Å². The SMILES string of the molecule is Cc1cccc(N2C(=NC(=O)COc3ccccc3)S[C@@H]3CS(=O)(=O)C[C@@H]32)c1C. The number of hydrogen-bond acceptors (Lipinski definition) is 5. The summed E-state index contributed by atoms with van der Waals surface area (Å²) in [6.07, 6.45) is 0. The maximum absolute atomic E-state index is 12.5. The van der Waals surface area contributed by atoms with Crippen molar-refractivity contribution in [3.63, 3.8) is 0 Å². The molecule has 1 amide bonds. The van der Waals surface area contributed by atoms with Crippen LogP contribution in [0, 0.1) is 13.8 Å². The van der Waals surface area contributed by atoms with E-state index in [0.29, 0.717) is 10.9 Å². The number of carbonyl (C=O) groups excluding carboxylic acids is 1. The molecule has 2 fully saturated rings. The standard InChI is InChI=1S/C21H22N2O4S2/c1-14-7-6-10-17(15(14)2)23-18-12-29(25,26)13-19(18)28-21(23)22-20(24)11-27-16-8-4-3-5-9-16/h3-10,18-19H,11-13H2,1-2H3/t18-,19+/m0/s1. The number of para-hydroxylation sites is 1. The van der Waals surface area contributed by atoms with Crippen LogP contribution in [0.2, 0.25) is 0 Å². The molecule has 2 heterocycles. The summed E-state index contributed by atoms with van der Waals surface area (Å²) in [7, 11) is -3.09. The van der Waals surface area contributed by atoms with E-state index in [1.807, 2.05) is 55.1 Å². The number of amides is 1. The second-order valence-corrected chi connectivity index (χ2v) is 10.6. The number of carbonyl (C=O) groups is 1. The van der Waals surface area contributed by atoms with Crippen LogP contribution in [0.4, 0.5) is 5.69 Å². The van der Waals surface area contributed by atoms with Gasteiger partial charge in [-0.05, 0) is 43.2 Å². The molecule has 4 rings (SSSR count). The summed E-state index contributed by atoms with van der Waals surface area (Å²) in [5.41, 5.74) is 3.06. The lowest BCUT2D eigenvalue weighted by molar-refractivity contribution is -0.119. The van der Waals surface area contributed by atoms with E-state index < -0.39 is 15.7 Å². The first kappa shape index (κ1) is 20.0. The van der Waals surface area contributed by atoms with Gasteiger partial charge in [-0.3, -0.25) is 4.79 Å². The highest BCUT2D eigenvalue weighted by molar-refractivity contribution is 8.16. The molecule has 152 valence electrons. The van der Waals surface area contributed by atoms with Gasteiger partial charge in [0.05, 0.1) is 17.5 Å². The van der Waals surface area contributed by atoms with Crippen LogP contribution < -0.4 is 9.64 Å². The van der Waals surface area contributed by atoms with Crippen molar-refractivity contribution in [2.75, 3.05) is 23.0 Å². The number of ether oxygens (including phenoxy) is 1. The Labute approximate surface area is 174 Å². The predicted octanol–water partition coefficient (Wildman–Crippen LogP) is 2.98. The lowest BCUT2D eigenvalue weighted by Crippen LogP contribution is -2.38. The zero-order valence-electron chi connectivity index (χ0n) is 16.2. The van der Waals surface area contributed by atoms with E-state index in [9.17, 15) is 13.2 Å². The minimum Gasteiger partial charge on any atom is -0.484 e. The number of sulfone groups is 1. The molecular weight excluding hydrogens is 408 g/mol. The summed E-state index contributed by atoms with van der Waals surface area (Å²) in [5.74, 6) is 0.396. The van der Waals surface area contributed by atoms with E-state index >= 15 is 0 Å². The van der Waals surface area contributed by atoms with Crippen molar-refractivity contribution in [2.45, 2.75) is 25.1 Å². The monoisotopic (exact) mass is 430 g/mol. The fourth-order valence-electron chi connectivity index (χ4n) is 3.64. The zero-order valence-corrected chi connectivity index (χ0v) is 17.9. The van der Waals surface area contributed by atoms with Crippen molar-refractivity contribution in [3.8, 4) is 5.75 Å². The van der Waals surface area contributed by atoms with E-state index in [1.165, 1.54) is 11.8 Å². The lowest BCUT2D eigenvalue weighted by Gasteiger charge is -2.26. The van der Waals surface area contributed by atoms with Gasteiger partial charge in [0.1, 0.15) is 5.75 Å². The molecule has 0 aliphatic carbocycles. The Bertz CT molecular complexity index is 1070. The third-order valence-corrected chi connectivity index (χ3v) is 8.44. The number of amidine groups is 1. The fraction of sp³-hybridized carbons (Fsp3) is 0.333. The van der Waals surface area contributed by atoms with Gasteiger partial charge >= 0.3 is 0 Å². The Morgan fingerprint density at radius 1 is 1.14 bits per heavy atom. The normalized spacial score (nSPS) is 23.9. The number of thioether (sulfide) groups is 1. The summed E-state index contributed by atoms with van der Waals surface area (Å²) in [5, 5.41) is 0.423. The van der Waals surface area contributed by atoms with Crippen LogP contribution in [0.3, 0.4) is 0 Å². The smallest absolute Gasteiger partial charge is 0.285 e. The minimum absolute atomic E-state index is 0.0752. The van der Waals surface area contributed by atoms with Crippen LogP contribution in [-0.2, 0) is 14.6 Å². The minimum atomic E-state index is -3.09. The van der Waals surface area contributed by atoms with E-state index in [4.69, 9.17) is 4.74 Å². The van der Waals surface area contributed by atoms with Gasteiger partial charge in [-0.2, -0.15) is 4.99 Å². The first-order valence-electron chi connectivity index (χ1n) is 9.36. The number of aryl methyl sites for hydroxylation is 1. The summed E-state index contributed by atoms with van der Waals surface area (Å²) in [4.78, 5) is 18.7. The molecule has 2 aliphatic heterocycles. The van der Waals surface area contributed by atoms with Crippen molar-refractivity contribution in [1.29, 1.82) is 0 Å². The molecule has 0 spiro atoms. The van der Waals surface area contributed by atoms with E-state index in [0.717, 1.165) is 16.8 Å².